The number of fused-ring (bicyclic) bond motifs is 1. The number of nitrogens with one attached hydrogen (secondary N) is 1. The number of hydrogen-bond donors (Lipinski definition) is 1. The van der Waals surface area contributed by atoms with Gasteiger partial charge in [0.05, 0.1) is 5.69 Å². The second-order valence-electron chi connectivity index (χ2n) is 4.94. The van der Waals surface area contributed by atoms with Crippen molar-refractivity contribution in [1.82, 2.24) is 14.6 Å². The number of rotatable bonds is 3. The topological polar surface area (TPSA) is 76.4 Å². The van der Waals surface area contributed by atoms with Crippen molar-refractivity contribution < 1.29 is 9.59 Å². The van der Waals surface area contributed by atoms with E-state index in [1.54, 1.807) is 54.2 Å². The maximum atomic E-state index is 12.5. The second kappa shape index (κ2) is 5.40. The van der Waals surface area contributed by atoms with Crippen molar-refractivity contribution in [2.75, 3.05) is 5.32 Å². The fourth-order valence-electron chi connectivity index (χ4n) is 2.24. The molecule has 1 N–H and O–H groups in total. The number of benzene rings is 1. The molecule has 0 fully saturated rings. The van der Waals surface area contributed by atoms with Crippen LogP contribution in [-0.2, 0) is 0 Å². The predicted octanol–water partition coefficient (Wildman–Crippen LogP) is 2.49. The smallest absolute Gasteiger partial charge is 0.261 e. The average Bonchev–Trinajstić information content (AvgIpc) is 2.83. The van der Waals surface area contributed by atoms with Crippen LogP contribution < -0.4 is 5.32 Å². The molecule has 0 aliphatic carbocycles. The van der Waals surface area contributed by atoms with E-state index < -0.39 is 0 Å². The minimum Gasteiger partial charge on any atom is -0.322 e. The fraction of sp³-hybridized carbons (Fsp3) is 0.125. The first kappa shape index (κ1) is 13.9. The van der Waals surface area contributed by atoms with E-state index in [9.17, 15) is 9.59 Å². The molecule has 3 aromatic rings. The van der Waals surface area contributed by atoms with Gasteiger partial charge in [0.25, 0.3) is 5.91 Å². The van der Waals surface area contributed by atoms with E-state index in [1.165, 1.54) is 6.92 Å². The standard InChI is InChI=1S/C16H14N4O2/c1-10-14(15-17-8-3-9-20(15)19-10)16(22)18-13-6-4-12(5-7-13)11(2)21/h3-9H,1-2H3,(H,18,22). The molecule has 0 spiro atoms. The van der Waals surface area contributed by atoms with E-state index in [0.717, 1.165) is 0 Å². The molecule has 110 valence electrons. The summed E-state index contributed by atoms with van der Waals surface area (Å²) < 4.78 is 1.57. The highest BCUT2D eigenvalue weighted by molar-refractivity contribution is 6.09. The van der Waals surface area contributed by atoms with Crippen LogP contribution in [0.25, 0.3) is 5.65 Å². The van der Waals surface area contributed by atoms with Gasteiger partial charge in [-0.05, 0) is 44.2 Å². The maximum Gasteiger partial charge on any atom is 0.261 e. The lowest BCUT2D eigenvalue weighted by molar-refractivity contribution is 0.101. The lowest BCUT2D eigenvalue weighted by Crippen LogP contribution is -2.13. The minimum absolute atomic E-state index is 0.0134. The van der Waals surface area contributed by atoms with Gasteiger partial charge in [-0.2, -0.15) is 5.10 Å². The Morgan fingerprint density at radius 2 is 1.91 bits per heavy atom. The summed E-state index contributed by atoms with van der Waals surface area (Å²) in [5, 5.41) is 7.06. The van der Waals surface area contributed by atoms with E-state index >= 15 is 0 Å². The van der Waals surface area contributed by atoms with Crippen molar-refractivity contribution in [3.63, 3.8) is 0 Å². The van der Waals surface area contributed by atoms with Crippen molar-refractivity contribution in [1.29, 1.82) is 0 Å². The maximum absolute atomic E-state index is 12.5. The molecule has 0 atom stereocenters. The Labute approximate surface area is 126 Å². The second-order valence-corrected chi connectivity index (χ2v) is 4.94. The van der Waals surface area contributed by atoms with E-state index in [2.05, 4.69) is 15.4 Å². The number of aromatic nitrogens is 3. The number of Topliss-reactive ketones (excluding diaryl/α,β-unsaturated/α-hetero) is 1. The van der Waals surface area contributed by atoms with Crippen LogP contribution in [0, 0.1) is 6.92 Å². The molecular weight excluding hydrogens is 280 g/mol. The first-order valence-electron chi connectivity index (χ1n) is 6.78. The number of ketones is 1. The zero-order chi connectivity index (χ0) is 15.7. The summed E-state index contributed by atoms with van der Waals surface area (Å²) in [5.74, 6) is -0.290. The van der Waals surface area contributed by atoms with Gasteiger partial charge >= 0.3 is 0 Å². The zero-order valence-corrected chi connectivity index (χ0v) is 12.2. The van der Waals surface area contributed by atoms with E-state index in [4.69, 9.17) is 0 Å². The van der Waals surface area contributed by atoms with Gasteiger partial charge < -0.3 is 5.32 Å². The molecule has 1 aromatic carbocycles. The third-order valence-corrected chi connectivity index (χ3v) is 3.35. The molecule has 2 heterocycles. The zero-order valence-electron chi connectivity index (χ0n) is 12.2. The molecule has 0 aliphatic rings. The lowest BCUT2D eigenvalue weighted by Gasteiger charge is -2.05. The third-order valence-electron chi connectivity index (χ3n) is 3.35. The Morgan fingerprint density at radius 3 is 2.59 bits per heavy atom. The normalized spacial score (nSPS) is 10.6. The first-order valence-corrected chi connectivity index (χ1v) is 6.78. The molecule has 0 saturated carbocycles. The highest BCUT2D eigenvalue weighted by Crippen LogP contribution is 2.16. The Hall–Kier alpha value is -3.02. The van der Waals surface area contributed by atoms with Crippen molar-refractivity contribution >= 4 is 23.0 Å². The van der Waals surface area contributed by atoms with Gasteiger partial charge in [-0.3, -0.25) is 9.59 Å². The van der Waals surface area contributed by atoms with Crippen LogP contribution in [0.2, 0.25) is 0 Å². The molecule has 6 heteroatoms. The summed E-state index contributed by atoms with van der Waals surface area (Å²) in [6.07, 6.45) is 3.36. The summed E-state index contributed by atoms with van der Waals surface area (Å²) in [6, 6.07) is 8.51. The van der Waals surface area contributed by atoms with Gasteiger partial charge in [0.2, 0.25) is 0 Å². The Balaban J connectivity index is 1.90. The molecule has 2 aromatic heterocycles. The number of carbonyl (C=O) groups excluding carboxylic acids is 2. The van der Waals surface area contributed by atoms with Crippen molar-refractivity contribution in [3.8, 4) is 0 Å². The van der Waals surface area contributed by atoms with Crippen LogP contribution >= 0.6 is 0 Å². The largest absolute Gasteiger partial charge is 0.322 e. The van der Waals surface area contributed by atoms with Gasteiger partial charge in [-0.15, -0.1) is 0 Å². The number of carbonyl (C=O) groups is 2. The Bertz CT molecular complexity index is 865. The number of aryl methyl sites for hydroxylation is 1. The molecule has 0 unspecified atom stereocenters. The molecule has 0 saturated heterocycles. The fourth-order valence-corrected chi connectivity index (χ4v) is 2.24. The highest BCUT2D eigenvalue weighted by Gasteiger charge is 2.18. The molecule has 0 radical (unpaired) electrons. The summed E-state index contributed by atoms with van der Waals surface area (Å²) in [5.41, 5.74) is 2.78. The number of nitrogens with zero attached hydrogens (tertiary/aromatic N) is 3. The van der Waals surface area contributed by atoms with Crippen LogP contribution in [0.1, 0.15) is 33.3 Å². The van der Waals surface area contributed by atoms with Gasteiger partial charge in [0, 0.05) is 23.6 Å². The van der Waals surface area contributed by atoms with Gasteiger partial charge in [-0.25, -0.2) is 9.50 Å². The summed E-state index contributed by atoms with van der Waals surface area (Å²) in [7, 11) is 0. The minimum atomic E-state index is -0.276. The molecule has 6 nitrogen and oxygen atoms in total. The molecule has 3 rings (SSSR count). The van der Waals surface area contributed by atoms with Gasteiger partial charge in [0.15, 0.2) is 11.4 Å². The number of hydrogen-bond acceptors (Lipinski definition) is 4. The van der Waals surface area contributed by atoms with Crippen LogP contribution in [0.3, 0.4) is 0 Å². The van der Waals surface area contributed by atoms with E-state index in [1.807, 2.05) is 0 Å². The van der Waals surface area contributed by atoms with Crippen LogP contribution in [0.15, 0.2) is 42.7 Å². The predicted molar refractivity (Wildman–Crippen MR) is 82.1 cm³/mol. The van der Waals surface area contributed by atoms with Crippen LogP contribution in [-0.4, -0.2) is 26.3 Å². The first-order chi connectivity index (χ1) is 10.6. The van der Waals surface area contributed by atoms with E-state index in [0.29, 0.717) is 28.2 Å². The monoisotopic (exact) mass is 294 g/mol. The van der Waals surface area contributed by atoms with Crippen LogP contribution in [0.5, 0.6) is 0 Å². The Kier molecular flexibility index (Phi) is 3.42. The van der Waals surface area contributed by atoms with Crippen molar-refractivity contribution in [2.45, 2.75) is 13.8 Å². The molecule has 0 bridgehead atoms. The average molecular weight is 294 g/mol. The number of amides is 1. The summed E-state index contributed by atoms with van der Waals surface area (Å²) in [4.78, 5) is 27.9. The number of anilines is 1. The molecule has 22 heavy (non-hydrogen) atoms. The van der Waals surface area contributed by atoms with Crippen molar-refractivity contribution in [3.05, 3.63) is 59.5 Å². The SMILES string of the molecule is CC(=O)c1ccc(NC(=O)c2c(C)nn3cccnc23)cc1. The van der Waals surface area contributed by atoms with Crippen LogP contribution in [0.4, 0.5) is 5.69 Å². The molecular formula is C16H14N4O2. The highest BCUT2D eigenvalue weighted by atomic mass is 16.1. The quantitative estimate of drug-likeness (QED) is 0.753. The summed E-state index contributed by atoms with van der Waals surface area (Å²) in [6.45, 7) is 3.27. The molecule has 1 amide bonds. The Morgan fingerprint density at radius 1 is 1.18 bits per heavy atom. The van der Waals surface area contributed by atoms with Gasteiger partial charge in [-0.1, -0.05) is 0 Å². The lowest BCUT2D eigenvalue weighted by atomic mass is 10.1. The molecule has 0 aliphatic heterocycles. The van der Waals surface area contributed by atoms with Gasteiger partial charge in [0.1, 0.15) is 5.56 Å². The third kappa shape index (κ3) is 2.46. The van der Waals surface area contributed by atoms with Crippen molar-refractivity contribution in [2.24, 2.45) is 0 Å². The van der Waals surface area contributed by atoms with E-state index in [-0.39, 0.29) is 11.7 Å². The summed E-state index contributed by atoms with van der Waals surface area (Å²) >= 11 is 0.